The minimum Gasteiger partial charge on any atom is -0.355 e. The van der Waals surface area contributed by atoms with Crippen molar-refractivity contribution in [1.82, 2.24) is 10.6 Å². The molecule has 0 heterocycles. The van der Waals surface area contributed by atoms with Gasteiger partial charge in [-0.05, 0) is 55.5 Å². The molecule has 2 aromatic carbocycles. The Morgan fingerprint density at radius 3 is 2.31 bits per heavy atom. The van der Waals surface area contributed by atoms with Crippen molar-refractivity contribution in [1.29, 1.82) is 0 Å². The number of hydrogen-bond acceptors (Lipinski definition) is 3. The van der Waals surface area contributed by atoms with Gasteiger partial charge < -0.3 is 16.0 Å². The van der Waals surface area contributed by atoms with Crippen LogP contribution in [0.5, 0.6) is 0 Å². The maximum absolute atomic E-state index is 13.2. The zero-order valence-electron chi connectivity index (χ0n) is 18.0. The number of rotatable bonds is 9. The summed E-state index contributed by atoms with van der Waals surface area (Å²) in [6.07, 6.45) is -0.192. The van der Waals surface area contributed by atoms with E-state index in [2.05, 4.69) is 16.0 Å². The molecule has 0 atom stereocenters. The van der Waals surface area contributed by atoms with Gasteiger partial charge in [0.15, 0.2) is 0 Å². The summed E-state index contributed by atoms with van der Waals surface area (Å²) < 4.78 is 39.5. The summed E-state index contributed by atoms with van der Waals surface area (Å²) in [6.45, 7) is 2.28. The molecule has 1 aliphatic rings. The predicted octanol–water partition coefficient (Wildman–Crippen LogP) is 5.29. The highest BCUT2D eigenvalue weighted by molar-refractivity contribution is 5.92. The van der Waals surface area contributed by atoms with E-state index in [0.29, 0.717) is 24.9 Å². The molecule has 0 spiro atoms. The Morgan fingerprint density at radius 1 is 1.03 bits per heavy atom. The van der Waals surface area contributed by atoms with Gasteiger partial charge >= 0.3 is 6.18 Å². The standard InChI is InChI=1S/C24H28F3N3O2/c1-2-3-9-21(31)30-23(14-6-15-23)22(32)28-16-17-10-12-18(13-11-17)29-20-8-5-4-7-19(20)24(25,26)27/h4-5,7-8,10-13,29H,2-3,6,9,14-16H2,1H3,(H,28,32)(H,30,31). The number of carbonyl (C=O) groups is 2. The molecule has 0 unspecified atom stereocenters. The van der Waals surface area contributed by atoms with Gasteiger partial charge in [0.05, 0.1) is 11.3 Å². The second-order valence-electron chi connectivity index (χ2n) is 8.14. The highest BCUT2D eigenvalue weighted by Crippen LogP contribution is 2.36. The van der Waals surface area contributed by atoms with Gasteiger partial charge in [-0.3, -0.25) is 9.59 Å². The molecule has 1 fully saturated rings. The molecule has 2 aromatic rings. The van der Waals surface area contributed by atoms with Gasteiger partial charge in [-0.1, -0.05) is 37.6 Å². The summed E-state index contributed by atoms with van der Waals surface area (Å²) >= 11 is 0. The van der Waals surface area contributed by atoms with Crippen LogP contribution in [0.2, 0.25) is 0 Å². The molecule has 0 aliphatic heterocycles. The molecule has 0 radical (unpaired) electrons. The minimum atomic E-state index is -4.45. The first-order valence-corrected chi connectivity index (χ1v) is 10.8. The van der Waals surface area contributed by atoms with Crippen molar-refractivity contribution < 1.29 is 22.8 Å². The quantitative estimate of drug-likeness (QED) is 0.489. The topological polar surface area (TPSA) is 70.2 Å². The van der Waals surface area contributed by atoms with Crippen molar-refractivity contribution in [2.45, 2.75) is 63.7 Å². The maximum Gasteiger partial charge on any atom is 0.418 e. The normalized spacial score (nSPS) is 14.9. The zero-order chi connectivity index (χ0) is 23.2. The van der Waals surface area contributed by atoms with E-state index in [4.69, 9.17) is 0 Å². The van der Waals surface area contributed by atoms with Crippen molar-refractivity contribution >= 4 is 23.2 Å². The van der Waals surface area contributed by atoms with Crippen LogP contribution in [0.1, 0.15) is 56.6 Å². The molecule has 3 N–H and O–H groups in total. The molecule has 3 rings (SSSR count). The summed E-state index contributed by atoms with van der Waals surface area (Å²) in [6, 6.07) is 12.1. The van der Waals surface area contributed by atoms with E-state index in [1.807, 2.05) is 6.92 Å². The fourth-order valence-corrected chi connectivity index (χ4v) is 3.66. The van der Waals surface area contributed by atoms with E-state index in [-0.39, 0.29) is 24.0 Å². The Hall–Kier alpha value is -3.03. The number of benzene rings is 2. The molecule has 1 saturated carbocycles. The van der Waals surface area contributed by atoms with Crippen molar-refractivity contribution in [3.8, 4) is 0 Å². The average molecular weight is 448 g/mol. The Labute approximate surface area is 185 Å². The van der Waals surface area contributed by atoms with Crippen molar-refractivity contribution in [2.75, 3.05) is 5.32 Å². The van der Waals surface area contributed by atoms with Crippen molar-refractivity contribution in [3.05, 3.63) is 59.7 Å². The van der Waals surface area contributed by atoms with Crippen LogP contribution in [0, 0.1) is 0 Å². The molecule has 32 heavy (non-hydrogen) atoms. The van der Waals surface area contributed by atoms with Crippen LogP contribution >= 0.6 is 0 Å². The summed E-state index contributed by atoms with van der Waals surface area (Å²) in [7, 11) is 0. The first-order valence-electron chi connectivity index (χ1n) is 10.8. The molecule has 0 bridgehead atoms. The van der Waals surface area contributed by atoms with Crippen LogP contribution < -0.4 is 16.0 Å². The number of amides is 2. The summed E-state index contributed by atoms with van der Waals surface area (Å²) in [5.74, 6) is -0.300. The minimum absolute atomic E-state index is 0.0215. The summed E-state index contributed by atoms with van der Waals surface area (Å²) in [5.41, 5.74) is -0.265. The Morgan fingerprint density at radius 2 is 1.72 bits per heavy atom. The number of para-hydroxylation sites is 1. The molecule has 1 aliphatic carbocycles. The lowest BCUT2D eigenvalue weighted by atomic mass is 9.75. The van der Waals surface area contributed by atoms with Crippen LogP contribution in [0.3, 0.4) is 0 Å². The number of nitrogens with one attached hydrogen (secondary N) is 3. The summed E-state index contributed by atoms with van der Waals surface area (Å²) in [4.78, 5) is 24.8. The van der Waals surface area contributed by atoms with E-state index >= 15 is 0 Å². The van der Waals surface area contributed by atoms with Gasteiger partial charge in [-0.15, -0.1) is 0 Å². The molecule has 172 valence electrons. The molecule has 5 nitrogen and oxygen atoms in total. The Kier molecular flexibility index (Phi) is 7.43. The number of hydrogen-bond donors (Lipinski definition) is 3. The lowest BCUT2D eigenvalue weighted by molar-refractivity contribution is -0.137. The van der Waals surface area contributed by atoms with E-state index < -0.39 is 17.3 Å². The van der Waals surface area contributed by atoms with E-state index in [1.54, 1.807) is 30.3 Å². The molecule has 8 heteroatoms. The van der Waals surface area contributed by atoms with Crippen molar-refractivity contribution in [3.63, 3.8) is 0 Å². The van der Waals surface area contributed by atoms with Gasteiger partial charge in [-0.2, -0.15) is 13.2 Å². The second-order valence-corrected chi connectivity index (χ2v) is 8.14. The van der Waals surface area contributed by atoms with Crippen LogP contribution in [0.25, 0.3) is 0 Å². The predicted molar refractivity (Wildman–Crippen MR) is 117 cm³/mol. The number of halogens is 3. The van der Waals surface area contributed by atoms with E-state index in [0.717, 1.165) is 30.9 Å². The highest BCUT2D eigenvalue weighted by Gasteiger charge is 2.45. The number of carbonyl (C=O) groups excluding carboxylic acids is 2. The second kappa shape index (κ2) is 10.1. The van der Waals surface area contributed by atoms with Gasteiger partial charge in [0.2, 0.25) is 11.8 Å². The van der Waals surface area contributed by atoms with Crippen LogP contribution in [-0.4, -0.2) is 17.4 Å². The lowest BCUT2D eigenvalue weighted by Gasteiger charge is -2.40. The average Bonchev–Trinajstić information content (AvgIpc) is 2.73. The fraction of sp³-hybridized carbons (Fsp3) is 0.417. The third-order valence-electron chi connectivity index (χ3n) is 5.70. The van der Waals surface area contributed by atoms with E-state index in [9.17, 15) is 22.8 Å². The third-order valence-corrected chi connectivity index (χ3v) is 5.70. The number of unbranched alkanes of at least 4 members (excludes halogenated alkanes) is 1. The highest BCUT2D eigenvalue weighted by atomic mass is 19.4. The van der Waals surface area contributed by atoms with Crippen LogP contribution in [-0.2, 0) is 22.3 Å². The maximum atomic E-state index is 13.2. The number of alkyl halides is 3. The van der Waals surface area contributed by atoms with E-state index in [1.165, 1.54) is 12.1 Å². The Balaban J connectivity index is 1.57. The smallest absolute Gasteiger partial charge is 0.355 e. The SMILES string of the molecule is CCCCC(=O)NC1(C(=O)NCc2ccc(Nc3ccccc3C(F)(F)F)cc2)CCC1. The first-order chi connectivity index (χ1) is 15.2. The van der Waals surface area contributed by atoms with Crippen LogP contribution in [0.15, 0.2) is 48.5 Å². The molecular formula is C24H28F3N3O2. The van der Waals surface area contributed by atoms with Gasteiger partial charge in [0, 0.05) is 18.7 Å². The molecule has 0 aromatic heterocycles. The number of anilines is 2. The fourth-order valence-electron chi connectivity index (χ4n) is 3.66. The summed E-state index contributed by atoms with van der Waals surface area (Å²) in [5, 5.41) is 8.58. The zero-order valence-corrected chi connectivity index (χ0v) is 18.0. The molecule has 2 amide bonds. The third kappa shape index (κ3) is 5.81. The molecular weight excluding hydrogens is 419 g/mol. The lowest BCUT2D eigenvalue weighted by Crippen LogP contribution is -2.62. The van der Waals surface area contributed by atoms with Crippen LogP contribution in [0.4, 0.5) is 24.5 Å². The monoisotopic (exact) mass is 447 g/mol. The van der Waals surface area contributed by atoms with Gasteiger partial charge in [-0.25, -0.2) is 0 Å². The van der Waals surface area contributed by atoms with Gasteiger partial charge in [0.25, 0.3) is 0 Å². The Bertz CT molecular complexity index is 938. The van der Waals surface area contributed by atoms with Crippen molar-refractivity contribution in [2.24, 2.45) is 0 Å². The van der Waals surface area contributed by atoms with Gasteiger partial charge in [0.1, 0.15) is 5.54 Å². The first kappa shape index (κ1) is 23.6. The molecule has 0 saturated heterocycles. The largest absolute Gasteiger partial charge is 0.418 e.